The smallest absolute Gasteiger partial charge is 0.313 e. The molecule has 0 spiro atoms. The zero-order chi connectivity index (χ0) is 13.9. The Kier molecular flexibility index (Phi) is 3.80. The van der Waals surface area contributed by atoms with Crippen molar-refractivity contribution in [1.29, 1.82) is 0 Å². The summed E-state index contributed by atoms with van der Waals surface area (Å²) < 4.78 is 13.2. The van der Waals surface area contributed by atoms with Crippen molar-refractivity contribution in [3.05, 3.63) is 52.3 Å². The molecule has 0 aromatic heterocycles. The lowest BCUT2D eigenvalue weighted by molar-refractivity contribution is -0.385. The van der Waals surface area contributed by atoms with E-state index in [-0.39, 0.29) is 12.0 Å². The molecule has 0 aliphatic carbocycles. The first-order valence-electron chi connectivity index (χ1n) is 5.09. The molecule has 96 valence electrons. The minimum Gasteiger partial charge on any atom is -0.481 e. The van der Waals surface area contributed by atoms with E-state index in [0.717, 1.165) is 18.2 Å². The van der Waals surface area contributed by atoms with Gasteiger partial charge in [-0.1, -0.05) is 6.08 Å². The van der Waals surface area contributed by atoms with E-state index >= 15 is 0 Å². The number of nitro benzene ring substituents is 1. The number of nitro groups is 1. The Balaban J connectivity index is 3.15. The molecule has 5 nitrogen and oxygen atoms in total. The molecule has 0 saturated heterocycles. The highest BCUT2D eigenvalue weighted by atomic mass is 19.1. The largest absolute Gasteiger partial charge is 0.481 e. The van der Waals surface area contributed by atoms with Crippen LogP contribution in [-0.4, -0.2) is 16.0 Å². The van der Waals surface area contributed by atoms with Crippen LogP contribution in [0.5, 0.6) is 0 Å². The number of benzene rings is 1. The highest BCUT2D eigenvalue weighted by Gasteiger charge is 2.30. The molecule has 0 heterocycles. The van der Waals surface area contributed by atoms with Gasteiger partial charge < -0.3 is 5.11 Å². The molecule has 1 aromatic rings. The summed E-state index contributed by atoms with van der Waals surface area (Å²) in [5.41, 5.74) is -1.45. The number of hydrogen-bond donors (Lipinski definition) is 1. The van der Waals surface area contributed by atoms with Crippen molar-refractivity contribution in [3.63, 3.8) is 0 Å². The molecule has 6 heteroatoms. The van der Waals surface area contributed by atoms with Crippen LogP contribution in [0.3, 0.4) is 0 Å². The van der Waals surface area contributed by atoms with Crippen molar-refractivity contribution in [2.75, 3.05) is 0 Å². The molecule has 18 heavy (non-hydrogen) atoms. The number of hydrogen-bond acceptors (Lipinski definition) is 3. The van der Waals surface area contributed by atoms with E-state index in [2.05, 4.69) is 6.58 Å². The summed E-state index contributed by atoms with van der Waals surface area (Å²) in [7, 11) is 0. The Morgan fingerprint density at radius 1 is 1.61 bits per heavy atom. The lowest BCUT2D eigenvalue weighted by atomic mass is 9.84. The Labute approximate surface area is 103 Å². The normalized spacial score (nSPS) is 13.7. The summed E-state index contributed by atoms with van der Waals surface area (Å²) in [6, 6.07) is 3.03. The summed E-state index contributed by atoms with van der Waals surface area (Å²) >= 11 is 0. The Bertz CT molecular complexity index is 515. The van der Waals surface area contributed by atoms with E-state index in [1.165, 1.54) is 13.0 Å². The summed E-state index contributed by atoms with van der Waals surface area (Å²) in [6.45, 7) is 4.84. The molecule has 0 aliphatic heterocycles. The lowest BCUT2D eigenvalue weighted by Crippen LogP contribution is -2.27. The van der Waals surface area contributed by atoms with E-state index in [1.807, 2.05) is 0 Å². The third kappa shape index (κ3) is 2.91. The van der Waals surface area contributed by atoms with Crippen LogP contribution in [0, 0.1) is 21.3 Å². The number of nitrogens with zero attached hydrogens (tertiary/aromatic N) is 1. The second kappa shape index (κ2) is 4.95. The van der Waals surface area contributed by atoms with Crippen molar-refractivity contribution in [2.24, 2.45) is 5.41 Å². The minimum absolute atomic E-state index is 0.0650. The lowest BCUT2D eigenvalue weighted by Gasteiger charge is -2.20. The SMILES string of the molecule is C=CC(C)(Cc1cc(F)cc([N+](=O)[O-])c1)C(=O)O. The van der Waals surface area contributed by atoms with Gasteiger partial charge in [0.2, 0.25) is 0 Å². The number of carboxylic acid groups (broad SMARTS) is 1. The van der Waals surface area contributed by atoms with E-state index in [1.54, 1.807) is 0 Å². The van der Waals surface area contributed by atoms with Gasteiger partial charge in [-0.2, -0.15) is 0 Å². The van der Waals surface area contributed by atoms with Gasteiger partial charge in [0, 0.05) is 6.07 Å². The van der Waals surface area contributed by atoms with Crippen LogP contribution in [0.1, 0.15) is 12.5 Å². The molecular weight excluding hydrogens is 241 g/mol. The standard InChI is InChI=1S/C12H12FNO4/c1-3-12(2,11(15)16)7-8-4-9(13)6-10(5-8)14(17)18/h3-6H,1,7H2,2H3,(H,15,16). The summed E-state index contributed by atoms with van der Waals surface area (Å²) in [5, 5.41) is 19.6. The van der Waals surface area contributed by atoms with Crippen molar-refractivity contribution in [2.45, 2.75) is 13.3 Å². The fourth-order valence-corrected chi connectivity index (χ4v) is 1.50. The molecule has 0 saturated carbocycles. The van der Waals surface area contributed by atoms with E-state index in [0.29, 0.717) is 0 Å². The number of carbonyl (C=O) groups is 1. The molecule has 0 bridgehead atoms. The van der Waals surface area contributed by atoms with Gasteiger partial charge in [-0.15, -0.1) is 6.58 Å². The molecule has 0 fully saturated rings. The highest BCUT2D eigenvalue weighted by Crippen LogP contribution is 2.26. The van der Waals surface area contributed by atoms with Gasteiger partial charge in [-0.05, 0) is 25.0 Å². The van der Waals surface area contributed by atoms with Gasteiger partial charge in [0.15, 0.2) is 0 Å². The summed E-state index contributed by atoms with van der Waals surface area (Å²) in [4.78, 5) is 20.9. The predicted molar refractivity (Wildman–Crippen MR) is 62.7 cm³/mol. The molecule has 1 unspecified atom stereocenters. The second-order valence-corrected chi connectivity index (χ2v) is 4.18. The van der Waals surface area contributed by atoms with E-state index < -0.39 is 27.8 Å². The second-order valence-electron chi connectivity index (χ2n) is 4.18. The Morgan fingerprint density at radius 2 is 2.22 bits per heavy atom. The van der Waals surface area contributed by atoms with E-state index in [9.17, 15) is 19.3 Å². The van der Waals surface area contributed by atoms with Crippen molar-refractivity contribution in [3.8, 4) is 0 Å². The predicted octanol–water partition coefficient (Wildman–Crippen LogP) is 2.55. The Hall–Kier alpha value is -2.24. The number of aliphatic carboxylic acids is 1. The van der Waals surface area contributed by atoms with Gasteiger partial charge in [0.25, 0.3) is 5.69 Å². The first-order valence-corrected chi connectivity index (χ1v) is 5.09. The molecule has 1 aromatic carbocycles. The van der Waals surface area contributed by atoms with Crippen LogP contribution < -0.4 is 0 Å². The summed E-state index contributed by atoms with van der Waals surface area (Å²) in [6.07, 6.45) is 1.16. The third-order valence-electron chi connectivity index (χ3n) is 2.66. The quantitative estimate of drug-likeness (QED) is 0.496. The monoisotopic (exact) mass is 253 g/mol. The highest BCUT2D eigenvalue weighted by molar-refractivity contribution is 5.76. The fourth-order valence-electron chi connectivity index (χ4n) is 1.50. The molecule has 0 amide bonds. The Morgan fingerprint density at radius 3 is 2.67 bits per heavy atom. The van der Waals surface area contributed by atoms with Crippen LogP contribution in [0.15, 0.2) is 30.9 Å². The van der Waals surface area contributed by atoms with Gasteiger partial charge in [-0.3, -0.25) is 14.9 Å². The fraction of sp³-hybridized carbons (Fsp3) is 0.250. The van der Waals surface area contributed by atoms with Gasteiger partial charge >= 0.3 is 5.97 Å². The molecule has 1 rings (SSSR count). The first kappa shape index (κ1) is 13.8. The number of non-ortho nitro benzene ring substituents is 1. The van der Waals surface area contributed by atoms with Crippen LogP contribution in [0.25, 0.3) is 0 Å². The van der Waals surface area contributed by atoms with Crippen LogP contribution in [0.4, 0.5) is 10.1 Å². The minimum atomic E-state index is -1.29. The maximum atomic E-state index is 13.2. The summed E-state index contributed by atoms with van der Waals surface area (Å²) in [5.74, 6) is -1.89. The molecule has 0 aliphatic rings. The average Bonchev–Trinajstić information content (AvgIpc) is 2.27. The maximum absolute atomic E-state index is 13.2. The first-order chi connectivity index (χ1) is 8.28. The number of carboxylic acids is 1. The van der Waals surface area contributed by atoms with Crippen molar-refractivity contribution < 1.29 is 19.2 Å². The maximum Gasteiger partial charge on any atom is 0.313 e. The van der Waals surface area contributed by atoms with Gasteiger partial charge in [0.1, 0.15) is 5.82 Å². The number of halogens is 1. The average molecular weight is 253 g/mol. The molecule has 0 radical (unpaired) electrons. The zero-order valence-corrected chi connectivity index (χ0v) is 9.72. The van der Waals surface area contributed by atoms with Gasteiger partial charge in [0.05, 0.1) is 16.4 Å². The zero-order valence-electron chi connectivity index (χ0n) is 9.72. The topological polar surface area (TPSA) is 80.4 Å². The van der Waals surface area contributed by atoms with Gasteiger partial charge in [-0.25, -0.2) is 4.39 Å². The van der Waals surface area contributed by atoms with Crippen molar-refractivity contribution >= 4 is 11.7 Å². The van der Waals surface area contributed by atoms with Crippen molar-refractivity contribution in [1.82, 2.24) is 0 Å². The molecular formula is C12H12FNO4. The van der Waals surface area contributed by atoms with Crippen LogP contribution >= 0.6 is 0 Å². The molecule has 1 atom stereocenters. The van der Waals surface area contributed by atoms with Crippen LogP contribution in [-0.2, 0) is 11.2 Å². The van der Waals surface area contributed by atoms with E-state index in [4.69, 9.17) is 5.11 Å². The number of rotatable bonds is 5. The third-order valence-corrected chi connectivity index (χ3v) is 2.66. The van der Waals surface area contributed by atoms with Crippen LogP contribution in [0.2, 0.25) is 0 Å². The molecule has 1 N–H and O–H groups in total.